The molecular weight excluding hydrogens is 508 g/mol. The van der Waals surface area contributed by atoms with Crippen molar-refractivity contribution in [2.24, 2.45) is 0 Å². The predicted octanol–water partition coefficient (Wildman–Crippen LogP) is 1.06. The number of hydrogen-bond donors (Lipinski definition) is 6. The number of carbonyl (C=O) groups is 5. The molecule has 2 aromatic carbocycles. The van der Waals surface area contributed by atoms with Crippen LogP contribution in [0.3, 0.4) is 0 Å². The summed E-state index contributed by atoms with van der Waals surface area (Å²) in [6.07, 6.45) is 1.09. The summed E-state index contributed by atoms with van der Waals surface area (Å²) < 4.78 is 5.78. The van der Waals surface area contributed by atoms with Crippen LogP contribution in [-0.2, 0) is 37.0 Å². The van der Waals surface area contributed by atoms with E-state index in [4.69, 9.17) is 15.1 Å². The van der Waals surface area contributed by atoms with Crippen LogP contribution in [0, 0.1) is 0 Å². The summed E-state index contributed by atoms with van der Waals surface area (Å²) >= 11 is 0. The first-order valence-electron chi connectivity index (χ1n) is 12.5. The molecule has 0 saturated carbocycles. The quantitative estimate of drug-likeness (QED) is 0.0699. The monoisotopic (exact) mass is 542 g/mol. The van der Waals surface area contributed by atoms with Crippen molar-refractivity contribution in [3.63, 3.8) is 0 Å². The SMILES string of the molecule is O=CN[C@@H](CCCCNC(=O)[C@H](Cc1ccc(OCc2ccccc2)cc1)NC(=O)CCC(=O)O)C(=O)NO. The molecule has 210 valence electrons. The van der Waals surface area contributed by atoms with E-state index in [0.717, 1.165) is 11.1 Å². The van der Waals surface area contributed by atoms with E-state index in [2.05, 4.69) is 16.0 Å². The van der Waals surface area contributed by atoms with Crippen molar-refractivity contribution in [1.82, 2.24) is 21.4 Å². The molecule has 12 nitrogen and oxygen atoms in total. The number of nitrogens with one attached hydrogen (secondary N) is 4. The Balaban J connectivity index is 1.92. The highest BCUT2D eigenvalue weighted by Crippen LogP contribution is 2.16. The lowest BCUT2D eigenvalue weighted by Crippen LogP contribution is -2.48. The summed E-state index contributed by atoms with van der Waals surface area (Å²) in [5.74, 6) is -2.22. The zero-order valence-corrected chi connectivity index (χ0v) is 21.4. The number of hydroxylamine groups is 1. The molecule has 0 fully saturated rings. The van der Waals surface area contributed by atoms with Crippen molar-refractivity contribution in [1.29, 1.82) is 0 Å². The van der Waals surface area contributed by atoms with E-state index in [1.54, 1.807) is 24.3 Å². The van der Waals surface area contributed by atoms with Gasteiger partial charge >= 0.3 is 5.97 Å². The Morgan fingerprint density at radius 1 is 0.872 bits per heavy atom. The number of ether oxygens (including phenoxy) is 1. The number of carboxylic acids is 1. The number of benzene rings is 2. The van der Waals surface area contributed by atoms with Gasteiger partial charge in [0.2, 0.25) is 18.2 Å². The first-order valence-corrected chi connectivity index (χ1v) is 12.5. The van der Waals surface area contributed by atoms with Crippen LogP contribution in [0.25, 0.3) is 0 Å². The fourth-order valence-corrected chi connectivity index (χ4v) is 3.65. The Kier molecular flexibility index (Phi) is 13.5. The molecule has 2 aromatic rings. The third kappa shape index (κ3) is 12.1. The molecule has 0 aliphatic rings. The van der Waals surface area contributed by atoms with Crippen LogP contribution in [0.15, 0.2) is 54.6 Å². The summed E-state index contributed by atoms with van der Waals surface area (Å²) in [6, 6.07) is 15.0. The van der Waals surface area contributed by atoms with E-state index >= 15 is 0 Å². The van der Waals surface area contributed by atoms with Crippen LogP contribution in [-0.4, -0.2) is 59.0 Å². The molecule has 0 spiro atoms. The van der Waals surface area contributed by atoms with Crippen molar-refractivity contribution in [2.45, 2.75) is 57.2 Å². The molecular formula is C27H34N4O8. The van der Waals surface area contributed by atoms with E-state index in [9.17, 15) is 24.0 Å². The maximum Gasteiger partial charge on any atom is 0.303 e. The van der Waals surface area contributed by atoms with Gasteiger partial charge in [0.1, 0.15) is 24.4 Å². The Labute approximate surface area is 226 Å². The number of rotatable bonds is 18. The lowest BCUT2D eigenvalue weighted by atomic mass is 10.0. The van der Waals surface area contributed by atoms with Gasteiger partial charge in [0.05, 0.1) is 6.42 Å². The molecule has 0 aromatic heterocycles. The van der Waals surface area contributed by atoms with Gasteiger partial charge in [-0.15, -0.1) is 0 Å². The number of unbranched alkanes of at least 4 members (excludes halogenated alkanes) is 1. The largest absolute Gasteiger partial charge is 0.489 e. The molecule has 0 unspecified atom stereocenters. The van der Waals surface area contributed by atoms with Crippen LogP contribution in [0.4, 0.5) is 0 Å². The van der Waals surface area contributed by atoms with Crippen molar-refractivity contribution < 1.29 is 39.0 Å². The molecule has 0 bridgehead atoms. The van der Waals surface area contributed by atoms with Crippen LogP contribution >= 0.6 is 0 Å². The van der Waals surface area contributed by atoms with E-state index in [1.807, 2.05) is 30.3 Å². The van der Waals surface area contributed by atoms with Gasteiger partial charge < -0.3 is 25.8 Å². The highest BCUT2D eigenvalue weighted by Gasteiger charge is 2.22. The lowest BCUT2D eigenvalue weighted by molar-refractivity contribution is -0.139. The van der Waals surface area contributed by atoms with E-state index in [1.165, 1.54) is 5.48 Å². The Bertz CT molecular complexity index is 1080. The second-order valence-corrected chi connectivity index (χ2v) is 8.74. The average molecular weight is 543 g/mol. The standard InChI is InChI=1S/C27H34N4O8/c32-18-29-22(27(37)31-38)8-4-5-15-28-26(36)23(30-24(33)13-14-25(34)35)16-19-9-11-21(12-10-19)39-17-20-6-2-1-3-7-20/h1-3,6-7,9-12,18,22-23,38H,4-5,8,13-17H2,(H,28,36)(H,29,32)(H,30,33)(H,31,37)(H,34,35)/t22-,23-/m0/s1. The Morgan fingerprint density at radius 3 is 2.23 bits per heavy atom. The zero-order chi connectivity index (χ0) is 28.5. The third-order valence-electron chi connectivity index (χ3n) is 5.74. The van der Waals surface area contributed by atoms with Crippen LogP contribution < -0.4 is 26.2 Å². The molecule has 0 radical (unpaired) electrons. The van der Waals surface area contributed by atoms with E-state index in [0.29, 0.717) is 31.6 Å². The molecule has 0 heterocycles. The summed E-state index contributed by atoms with van der Waals surface area (Å²) in [5, 5.41) is 25.2. The number of carboxylic acid groups (broad SMARTS) is 1. The maximum atomic E-state index is 12.9. The second kappa shape index (κ2) is 17.1. The van der Waals surface area contributed by atoms with Crippen LogP contribution in [0.1, 0.15) is 43.2 Å². The van der Waals surface area contributed by atoms with Gasteiger partial charge in [-0.05, 0) is 42.5 Å². The second-order valence-electron chi connectivity index (χ2n) is 8.74. The fourth-order valence-electron chi connectivity index (χ4n) is 3.65. The van der Waals surface area contributed by atoms with Gasteiger partial charge in [-0.3, -0.25) is 29.2 Å². The van der Waals surface area contributed by atoms with E-state index < -0.39 is 35.8 Å². The van der Waals surface area contributed by atoms with Gasteiger partial charge in [0, 0.05) is 19.4 Å². The zero-order valence-electron chi connectivity index (χ0n) is 21.4. The average Bonchev–Trinajstić information content (AvgIpc) is 2.94. The topological polar surface area (TPSA) is 183 Å². The maximum absolute atomic E-state index is 12.9. The molecule has 0 saturated heterocycles. The Morgan fingerprint density at radius 2 is 1.59 bits per heavy atom. The molecule has 6 N–H and O–H groups in total. The summed E-state index contributed by atoms with van der Waals surface area (Å²) in [5.41, 5.74) is 3.27. The molecule has 0 aliphatic heterocycles. The summed E-state index contributed by atoms with van der Waals surface area (Å²) in [6.45, 7) is 0.641. The van der Waals surface area contributed by atoms with Gasteiger partial charge in [-0.2, -0.15) is 0 Å². The van der Waals surface area contributed by atoms with Crippen molar-refractivity contribution in [2.75, 3.05) is 6.54 Å². The predicted molar refractivity (Wildman–Crippen MR) is 139 cm³/mol. The first-order chi connectivity index (χ1) is 18.8. The minimum absolute atomic E-state index is 0.172. The number of amides is 4. The Hall–Kier alpha value is -4.45. The molecule has 0 aliphatic carbocycles. The van der Waals surface area contributed by atoms with Gasteiger partial charge in [-0.1, -0.05) is 42.5 Å². The number of hydrogen-bond acceptors (Lipinski definition) is 7. The van der Waals surface area contributed by atoms with Crippen molar-refractivity contribution >= 4 is 30.1 Å². The molecule has 2 atom stereocenters. The number of aliphatic carboxylic acids is 1. The minimum atomic E-state index is -1.12. The van der Waals surface area contributed by atoms with Crippen molar-refractivity contribution in [3.05, 3.63) is 65.7 Å². The normalized spacial score (nSPS) is 11.9. The molecule has 12 heteroatoms. The number of carbonyl (C=O) groups excluding carboxylic acids is 4. The van der Waals surface area contributed by atoms with Gasteiger partial charge in [-0.25, -0.2) is 5.48 Å². The van der Waals surface area contributed by atoms with Crippen LogP contribution in [0.2, 0.25) is 0 Å². The van der Waals surface area contributed by atoms with Crippen LogP contribution in [0.5, 0.6) is 5.75 Å². The summed E-state index contributed by atoms with van der Waals surface area (Å²) in [4.78, 5) is 58.1. The molecule has 4 amide bonds. The van der Waals surface area contributed by atoms with Crippen molar-refractivity contribution in [3.8, 4) is 5.75 Å². The lowest BCUT2D eigenvalue weighted by Gasteiger charge is -2.19. The van der Waals surface area contributed by atoms with E-state index in [-0.39, 0.29) is 32.2 Å². The fraction of sp³-hybridized carbons (Fsp3) is 0.370. The van der Waals surface area contributed by atoms with Gasteiger partial charge in [0.15, 0.2) is 0 Å². The smallest absolute Gasteiger partial charge is 0.303 e. The minimum Gasteiger partial charge on any atom is -0.489 e. The first kappa shape index (κ1) is 30.8. The molecule has 2 rings (SSSR count). The highest BCUT2D eigenvalue weighted by atomic mass is 16.5. The third-order valence-corrected chi connectivity index (χ3v) is 5.74. The highest BCUT2D eigenvalue weighted by molar-refractivity contribution is 5.88. The van der Waals surface area contributed by atoms with Gasteiger partial charge in [0.25, 0.3) is 5.91 Å². The molecule has 39 heavy (non-hydrogen) atoms. The summed E-state index contributed by atoms with van der Waals surface area (Å²) in [7, 11) is 0.